The number of aliphatic carboxylic acids is 1. The molecule has 2 heterocycles. The van der Waals surface area contributed by atoms with E-state index in [4.69, 9.17) is 5.11 Å². The van der Waals surface area contributed by atoms with Crippen LogP contribution in [0, 0.1) is 0 Å². The van der Waals surface area contributed by atoms with Crippen molar-refractivity contribution in [2.45, 2.75) is 19.3 Å². The maximum atomic E-state index is 12.2. The van der Waals surface area contributed by atoms with Gasteiger partial charge in [-0.2, -0.15) is 0 Å². The number of nitrogens with zero attached hydrogens (tertiary/aromatic N) is 2. The van der Waals surface area contributed by atoms with Crippen molar-refractivity contribution in [2.24, 2.45) is 0 Å². The number of amides is 1. The van der Waals surface area contributed by atoms with Gasteiger partial charge in [0.1, 0.15) is 0 Å². The highest BCUT2D eigenvalue weighted by molar-refractivity contribution is 7.12. The van der Waals surface area contributed by atoms with Crippen LogP contribution in [0.15, 0.2) is 17.5 Å². The Balaban J connectivity index is 0.00000220. The zero-order valence-corrected chi connectivity index (χ0v) is 13.5. The smallest absolute Gasteiger partial charge is 0.303 e. The summed E-state index contributed by atoms with van der Waals surface area (Å²) in [5.74, 6) is -0.595. The van der Waals surface area contributed by atoms with E-state index < -0.39 is 5.97 Å². The molecule has 21 heavy (non-hydrogen) atoms. The van der Waals surface area contributed by atoms with Crippen molar-refractivity contribution in [1.29, 1.82) is 0 Å². The SMILES string of the molecule is Cl.O=C(O)CCCCN1CCN(C(=O)c2cccs2)CC1. The molecule has 1 aromatic rings. The van der Waals surface area contributed by atoms with Gasteiger partial charge in [-0.25, -0.2) is 0 Å². The largest absolute Gasteiger partial charge is 0.481 e. The third-order valence-electron chi connectivity index (χ3n) is 3.51. The first kappa shape index (κ1) is 17.9. The van der Waals surface area contributed by atoms with Crippen LogP contribution in [-0.2, 0) is 4.79 Å². The number of piperazine rings is 1. The summed E-state index contributed by atoms with van der Waals surface area (Å²) >= 11 is 1.48. The molecule has 0 aromatic carbocycles. The number of rotatable bonds is 6. The molecule has 0 saturated carbocycles. The van der Waals surface area contributed by atoms with Crippen molar-refractivity contribution >= 4 is 35.6 Å². The lowest BCUT2D eigenvalue weighted by Gasteiger charge is -2.34. The minimum Gasteiger partial charge on any atom is -0.481 e. The number of hydrogen-bond donors (Lipinski definition) is 1. The fraction of sp³-hybridized carbons (Fsp3) is 0.571. The van der Waals surface area contributed by atoms with Gasteiger partial charge in [-0.15, -0.1) is 23.7 Å². The number of halogens is 1. The zero-order chi connectivity index (χ0) is 14.4. The highest BCUT2D eigenvalue weighted by Gasteiger charge is 2.22. The quantitative estimate of drug-likeness (QED) is 0.811. The van der Waals surface area contributed by atoms with Gasteiger partial charge in [-0.3, -0.25) is 14.5 Å². The Bertz CT molecular complexity index is 445. The van der Waals surface area contributed by atoms with Gasteiger partial charge in [0.15, 0.2) is 0 Å². The minimum absolute atomic E-state index is 0. The molecule has 0 spiro atoms. The number of hydrogen-bond acceptors (Lipinski definition) is 4. The Morgan fingerprint density at radius 3 is 2.48 bits per heavy atom. The molecule has 1 saturated heterocycles. The van der Waals surface area contributed by atoms with Gasteiger partial charge in [-0.1, -0.05) is 6.07 Å². The van der Waals surface area contributed by atoms with Gasteiger partial charge in [0.25, 0.3) is 5.91 Å². The van der Waals surface area contributed by atoms with Crippen LogP contribution < -0.4 is 0 Å². The molecule has 118 valence electrons. The number of carbonyl (C=O) groups is 2. The third-order valence-corrected chi connectivity index (χ3v) is 4.36. The summed E-state index contributed by atoms with van der Waals surface area (Å²) in [6.07, 6.45) is 1.88. The van der Waals surface area contributed by atoms with E-state index in [0.717, 1.165) is 50.4 Å². The van der Waals surface area contributed by atoms with E-state index in [0.29, 0.717) is 0 Å². The maximum absolute atomic E-state index is 12.2. The molecule has 1 aliphatic heterocycles. The van der Waals surface area contributed by atoms with Crippen molar-refractivity contribution in [2.75, 3.05) is 32.7 Å². The van der Waals surface area contributed by atoms with E-state index in [2.05, 4.69) is 4.90 Å². The van der Waals surface area contributed by atoms with E-state index >= 15 is 0 Å². The first-order valence-corrected chi connectivity index (χ1v) is 7.81. The van der Waals surface area contributed by atoms with E-state index in [1.807, 2.05) is 22.4 Å². The summed E-state index contributed by atoms with van der Waals surface area (Å²) in [5, 5.41) is 10.5. The molecule has 0 atom stereocenters. The second kappa shape index (κ2) is 9.02. The Kier molecular flexibility index (Phi) is 7.71. The lowest BCUT2D eigenvalue weighted by Crippen LogP contribution is -2.48. The van der Waals surface area contributed by atoms with Crippen molar-refractivity contribution in [3.05, 3.63) is 22.4 Å². The van der Waals surface area contributed by atoms with Crippen LogP contribution in [0.3, 0.4) is 0 Å². The van der Waals surface area contributed by atoms with E-state index in [9.17, 15) is 9.59 Å². The molecular formula is C14H21ClN2O3S. The Hall–Kier alpha value is -1.11. The predicted molar refractivity (Wildman–Crippen MR) is 85.4 cm³/mol. The fourth-order valence-electron chi connectivity index (χ4n) is 2.34. The van der Waals surface area contributed by atoms with Crippen LogP contribution in [0.1, 0.15) is 28.9 Å². The minimum atomic E-state index is -0.726. The highest BCUT2D eigenvalue weighted by atomic mass is 35.5. The number of carboxylic acids is 1. The summed E-state index contributed by atoms with van der Waals surface area (Å²) in [6, 6.07) is 3.77. The standard InChI is InChI=1S/C14H20N2O3S.ClH/c17-13(18)5-1-2-6-15-7-9-16(10-8-15)14(19)12-4-3-11-20-12;/h3-4,11H,1-2,5-10H2,(H,17,18);1H. The van der Waals surface area contributed by atoms with Crippen LogP contribution in [0.5, 0.6) is 0 Å². The van der Waals surface area contributed by atoms with E-state index in [1.165, 1.54) is 11.3 Å². The molecule has 0 aliphatic carbocycles. The lowest BCUT2D eigenvalue weighted by atomic mass is 10.2. The van der Waals surface area contributed by atoms with Crippen LogP contribution in [0.2, 0.25) is 0 Å². The van der Waals surface area contributed by atoms with Crippen molar-refractivity contribution < 1.29 is 14.7 Å². The highest BCUT2D eigenvalue weighted by Crippen LogP contribution is 2.14. The summed E-state index contributed by atoms with van der Waals surface area (Å²) in [5.41, 5.74) is 0. The molecule has 1 N–H and O–H groups in total. The van der Waals surface area contributed by atoms with Crippen LogP contribution in [0.4, 0.5) is 0 Å². The molecule has 7 heteroatoms. The maximum Gasteiger partial charge on any atom is 0.303 e. The molecule has 1 amide bonds. The monoisotopic (exact) mass is 332 g/mol. The molecule has 0 radical (unpaired) electrons. The molecular weight excluding hydrogens is 312 g/mol. The predicted octanol–water partition coefficient (Wildman–Crippen LogP) is 2.18. The Morgan fingerprint density at radius 2 is 1.90 bits per heavy atom. The van der Waals surface area contributed by atoms with Gasteiger partial charge < -0.3 is 10.0 Å². The topological polar surface area (TPSA) is 60.9 Å². The number of unbranched alkanes of at least 4 members (excludes halogenated alkanes) is 1. The van der Waals surface area contributed by atoms with Crippen LogP contribution >= 0.6 is 23.7 Å². The Labute approximate surface area is 135 Å². The van der Waals surface area contributed by atoms with Gasteiger partial charge in [0, 0.05) is 32.6 Å². The summed E-state index contributed by atoms with van der Waals surface area (Å²) in [4.78, 5) is 27.6. The second-order valence-corrected chi connectivity index (χ2v) is 5.91. The summed E-state index contributed by atoms with van der Waals surface area (Å²) in [7, 11) is 0. The summed E-state index contributed by atoms with van der Waals surface area (Å²) in [6.45, 7) is 4.20. The average molecular weight is 333 g/mol. The van der Waals surface area contributed by atoms with Crippen LogP contribution in [-0.4, -0.2) is 59.5 Å². The first-order chi connectivity index (χ1) is 9.66. The molecule has 2 rings (SSSR count). The second-order valence-electron chi connectivity index (χ2n) is 4.96. The first-order valence-electron chi connectivity index (χ1n) is 6.94. The molecule has 5 nitrogen and oxygen atoms in total. The molecule has 1 aromatic heterocycles. The van der Waals surface area contributed by atoms with Crippen molar-refractivity contribution in [1.82, 2.24) is 9.80 Å². The van der Waals surface area contributed by atoms with Gasteiger partial charge >= 0.3 is 5.97 Å². The molecule has 0 unspecified atom stereocenters. The van der Waals surface area contributed by atoms with E-state index in [-0.39, 0.29) is 24.7 Å². The Morgan fingerprint density at radius 1 is 1.19 bits per heavy atom. The fourth-order valence-corrected chi connectivity index (χ4v) is 3.03. The van der Waals surface area contributed by atoms with E-state index in [1.54, 1.807) is 0 Å². The summed E-state index contributed by atoms with van der Waals surface area (Å²) < 4.78 is 0. The lowest BCUT2D eigenvalue weighted by molar-refractivity contribution is -0.137. The number of carboxylic acid groups (broad SMARTS) is 1. The van der Waals surface area contributed by atoms with Crippen molar-refractivity contribution in [3.8, 4) is 0 Å². The van der Waals surface area contributed by atoms with Gasteiger partial charge in [0.05, 0.1) is 4.88 Å². The number of thiophene rings is 1. The average Bonchev–Trinajstić information content (AvgIpc) is 2.97. The van der Waals surface area contributed by atoms with Gasteiger partial charge in [-0.05, 0) is 30.8 Å². The normalized spacial score (nSPS) is 15.5. The van der Waals surface area contributed by atoms with Gasteiger partial charge in [0.2, 0.25) is 0 Å². The molecule has 1 aliphatic rings. The van der Waals surface area contributed by atoms with Crippen molar-refractivity contribution in [3.63, 3.8) is 0 Å². The molecule has 0 bridgehead atoms. The molecule has 1 fully saturated rings. The van der Waals surface area contributed by atoms with Crippen LogP contribution in [0.25, 0.3) is 0 Å². The zero-order valence-electron chi connectivity index (χ0n) is 11.9. The third kappa shape index (κ3) is 5.65. The number of carbonyl (C=O) groups excluding carboxylic acids is 1.